The first-order valence-electron chi connectivity index (χ1n) is 21.9. The van der Waals surface area contributed by atoms with Crippen molar-refractivity contribution in [3.8, 4) is 44.5 Å². The molecule has 0 heterocycles. The highest BCUT2D eigenvalue weighted by molar-refractivity contribution is 6.13. The van der Waals surface area contributed by atoms with Crippen molar-refractivity contribution in [2.75, 3.05) is 0 Å². The largest absolute Gasteiger partial charge is 0.383 e. The van der Waals surface area contributed by atoms with E-state index in [1.54, 1.807) is 0 Å². The smallest absolute Gasteiger partial charge is 0.131 e. The van der Waals surface area contributed by atoms with E-state index in [0.29, 0.717) is 12.3 Å². The normalized spacial score (nSPS) is 13.4. The Morgan fingerprint density at radius 1 is 0.444 bits per heavy atom. The van der Waals surface area contributed by atoms with Crippen LogP contribution in [-0.4, -0.2) is 5.84 Å². The van der Waals surface area contributed by atoms with Gasteiger partial charge >= 0.3 is 0 Å². The molecule has 0 unspecified atom stereocenters. The van der Waals surface area contributed by atoms with E-state index < -0.39 is 0 Å². The first-order valence-corrected chi connectivity index (χ1v) is 21.9. The summed E-state index contributed by atoms with van der Waals surface area (Å²) < 4.78 is 0. The van der Waals surface area contributed by atoms with Gasteiger partial charge in [-0.25, -0.2) is 4.99 Å². The van der Waals surface area contributed by atoms with Gasteiger partial charge in [0, 0.05) is 16.5 Å². The van der Waals surface area contributed by atoms with Crippen LogP contribution in [0.3, 0.4) is 0 Å². The van der Waals surface area contributed by atoms with Crippen molar-refractivity contribution in [1.29, 1.82) is 0 Å². The van der Waals surface area contributed by atoms with Gasteiger partial charge in [-0.2, -0.15) is 0 Å². The van der Waals surface area contributed by atoms with Gasteiger partial charge in [-0.3, -0.25) is 0 Å². The molecule has 0 bridgehead atoms. The zero-order chi connectivity index (χ0) is 42.5. The molecule has 1 aliphatic carbocycles. The minimum Gasteiger partial charge on any atom is -0.383 e. The Morgan fingerprint density at radius 3 is 1.67 bits per heavy atom. The molecule has 10 aromatic carbocycles. The highest BCUT2D eigenvalue weighted by Crippen LogP contribution is 2.55. The lowest BCUT2D eigenvalue weighted by molar-refractivity contribution is 0.668. The van der Waals surface area contributed by atoms with Crippen LogP contribution in [0.25, 0.3) is 82.5 Å². The van der Waals surface area contributed by atoms with Crippen LogP contribution in [-0.2, 0) is 11.8 Å². The van der Waals surface area contributed by atoms with E-state index in [-0.39, 0.29) is 5.41 Å². The van der Waals surface area contributed by atoms with Crippen LogP contribution in [0.5, 0.6) is 0 Å². The van der Waals surface area contributed by atoms with E-state index in [1.165, 1.54) is 88.1 Å². The fraction of sp³-hybridized carbons (Fsp3) is 0.0656. The number of nitrogens with two attached hydrogens (primary N) is 1. The highest BCUT2D eigenvalue weighted by atomic mass is 14.9. The molecule has 10 aromatic rings. The Hall–Kier alpha value is -7.81. The third-order valence-corrected chi connectivity index (χ3v) is 13.1. The van der Waals surface area contributed by atoms with Crippen molar-refractivity contribution in [1.82, 2.24) is 0 Å². The monoisotopic (exact) mass is 806 g/mol. The molecule has 0 saturated carbocycles. The van der Waals surface area contributed by atoms with Gasteiger partial charge in [0.25, 0.3) is 0 Å². The predicted octanol–water partition coefficient (Wildman–Crippen LogP) is 15.4. The molecule has 0 aromatic heterocycles. The zero-order valence-corrected chi connectivity index (χ0v) is 35.5. The van der Waals surface area contributed by atoms with Crippen molar-refractivity contribution >= 4 is 43.9 Å². The fourth-order valence-corrected chi connectivity index (χ4v) is 10.2. The van der Waals surface area contributed by atoms with Crippen molar-refractivity contribution in [2.24, 2.45) is 10.7 Å². The average Bonchev–Trinajstić information content (AvgIpc) is 3.59. The summed E-state index contributed by atoms with van der Waals surface area (Å²) in [6.45, 7) is 4.81. The molecule has 0 radical (unpaired) electrons. The minimum atomic E-state index is -0.184. The van der Waals surface area contributed by atoms with E-state index >= 15 is 0 Å². The van der Waals surface area contributed by atoms with E-state index in [1.807, 2.05) is 30.3 Å². The van der Waals surface area contributed by atoms with Crippen molar-refractivity contribution in [3.63, 3.8) is 0 Å². The molecule has 0 atom stereocenters. The second-order valence-electron chi connectivity index (χ2n) is 17.2. The number of aliphatic imine (C=N–C) groups is 1. The quantitative estimate of drug-likeness (QED) is 0.121. The van der Waals surface area contributed by atoms with Crippen molar-refractivity contribution in [2.45, 2.75) is 25.7 Å². The molecule has 2 nitrogen and oxygen atoms in total. The first-order chi connectivity index (χ1) is 30.9. The van der Waals surface area contributed by atoms with Crippen LogP contribution in [0.1, 0.15) is 41.7 Å². The molecule has 63 heavy (non-hydrogen) atoms. The number of rotatable bonds is 8. The fourth-order valence-electron chi connectivity index (χ4n) is 10.2. The van der Waals surface area contributed by atoms with Gasteiger partial charge in [-0.15, -0.1) is 0 Å². The standard InChI is InChI=1S/C61H46N2/c1-61(2)58-45-24-10-9-20-42(45)32-33-56(58)55-30-16-29-54(59(55)61)52-35-34-50(46-25-11-12-26-47(46)52)51-36-37-53(49-28-14-13-27-48(49)51)57(63-60(62)43-21-7-4-8-22-43)38-31-40-17-15-23-44(39-40)41-18-5-3-6-19-41/h3-30,32-39H,31H2,1-2H3,(H2,62,63)/b57-38-. The van der Waals surface area contributed by atoms with Gasteiger partial charge in [0.1, 0.15) is 5.84 Å². The number of hydrogen-bond acceptors (Lipinski definition) is 1. The van der Waals surface area contributed by atoms with E-state index in [2.05, 4.69) is 202 Å². The summed E-state index contributed by atoms with van der Waals surface area (Å²) in [6, 6.07) is 76.5. The van der Waals surface area contributed by atoms with Gasteiger partial charge in [0.2, 0.25) is 0 Å². The number of amidine groups is 1. The Kier molecular flexibility index (Phi) is 9.43. The third-order valence-electron chi connectivity index (χ3n) is 13.1. The van der Waals surface area contributed by atoms with E-state index in [0.717, 1.165) is 22.2 Å². The van der Waals surface area contributed by atoms with Gasteiger partial charge in [-0.05, 0) is 99.9 Å². The lowest BCUT2D eigenvalue weighted by Crippen LogP contribution is -2.17. The minimum absolute atomic E-state index is 0.184. The summed E-state index contributed by atoms with van der Waals surface area (Å²) in [5, 5.41) is 7.39. The second-order valence-corrected chi connectivity index (χ2v) is 17.2. The molecule has 1 aliphatic rings. The molecule has 0 aliphatic heterocycles. The van der Waals surface area contributed by atoms with Gasteiger partial charge in [0.15, 0.2) is 0 Å². The van der Waals surface area contributed by atoms with Crippen LogP contribution < -0.4 is 5.73 Å². The molecular formula is C61H46N2. The van der Waals surface area contributed by atoms with Crippen LogP contribution in [0.15, 0.2) is 223 Å². The predicted molar refractivity (Wildman–Crippen MR) is 268 cm³/mol. The van der Waals surface area contributed by atoms with Gasteiger partial charge < -0.3 is 5.73 Å². The molecule has 2 N–H and O–H groups in total. The molecule has 0 saturated heterocycles. The topological polar surface area (TPSA) is 38.4 Å². The maximum Gasteiger partial charge on any atom is 0.131 e. The second kappa shape index (κ2) is 15.6. The highest BCUT2D eigenvalue weighted by Gasteiger charge is 2.39. The van der Waals surface area contributed by atoms with Gasteiger partial charge in [-0.1, -0.05) is 232 Å². The van der Waals surface area contributed by atoms with Crippen molar-refractivity contribution < 1.29 is 0 Å². The summed E-state index contributed by atoms with van der Waals surface area (Å²) in [5.74, 6) is 0.487. The van der Waals surface area contributed by atoms with Crippen LogP contribution in [0.2, 0.25) is 0 Å². The number of hydrogen-bond donors (Lipinski definition) is 1. The number of nitrogens with zero attached hydrogens (tertiary/aromatic N) is 1. The molecule has 11 rings (SSSR count). The Labute approximate surface area is 369 Å². The molecule has 2 heteroatoms. The Balaban J connectivity index is 1.04. The summed E-state index contributed by atoms with van der Waals surface area (Å²) in [4.78, 5) is 5.19. The first kappa shape index (κ1) is 38.1. The lowest BCUT2D eigenvalue weighted by atomic mass is 9.76. The van der Waals surface area contributed by atoms with Crippen LogP contribution >= 0.6 is 0 Å². The summed E-state index contributed by atoms with van der Waals surface area (Å²) in [6.07, 6.45) is 2.93. The average molecular weight is 807 g/mol. The molecule has 0 spiro atoms. The zero-order valence-electron chi connectivity index (χ0n) is 35.5. The molecule has 0 fully saturated rings. The summed E-state index contributed by atoms with van der Waals surface area (Å²) in [7, 11) is 0. The summed E-state index contributed by atoms with van der Waals surface area (Å²) >= 11 is 0. The summed E-state index contributed by atoms with van der Waals surface area (Å²) in [5.41, 5.74) is 23.4. The molecule has 0 amide bonds. The molecular weight excluding hydrogens is 761 g/mol. The Morgan fingerprint density at radius 2 is 0.952 bits per heavy atom. The lowest BCUT2D eigenvalue weighted by Gasteiger charge is -2.26. The van der Waals surface area contributed by atoms with Gasteiger partial charge in [0.05, 0.1) is 5.70 Å². The maximum absolute atomic E-state index is 6.80. The molecule has 300 valence electrons. The van der Waals surface area contributed by atoms with Crippen LogP contribution in [0.4, 0.5) is 0 Å². The number of allylic oxidation sites excluding steroid dienone is 1. The number of benzene rings is 10. The SMILES string of the molecule is CC1(C)c2c(cccc2-c2ccc(-c3ccc(/C(=C/Cc4cccc(-c5ccccc5)c4)N=C(N)c4ccccc4)c4ccccc34)c3ccccc23)-c2ccc3ccccc3c21. The maximum atomic E-state index is 6.80. The number of fused-ring (bicyclic) bond motifs is 7. The van der Waals surface area contributed by atoms with Crippen LogP contribution in [0, 0.1) is 0 Å². The van der Waals surface area contributed by atoms with E-state index in [4.69, 9.17) is 10.7 Å². The third kappa shape index (κ3) is 6.63. The Bertz CT molecular complexity index is 3450. The van der Waals surface area contributed by atoms with Crippen molar-refractivity contribution in [3.05, 3.63) is 246 Å². The van der Waals surface area contributed by atoms with E-state index in [9.17, 15) is 0 Å².